The number of nitrogens with one attached hydrogen (secondary N) is 1. The van der Waals surface area contributed by atoms with E-state index in [9.17, 15) is 0 Å². The van der Waals surface area contributed by atoms with Crippen molar-refractivity contribution >= 4 is 33.2 Å². The first-order chi connectivity index (χ1) is 10.1. The minimum atomic E-state index is 0.748. The van der Waals surface area contributed by atoms with Gasteiger partial charge in [-0.05, 0) is 18.6 Å². The van der Waals surface area contributed by atoms with E-state index in [0.717, 1.165) is 28.5 Å². The van der Waals surface area contributed by atoms with E-state index in [4.69, 9.17) is 0 Å². The lowest BCUT2D eigenvalue weighted by Gasteiger charge is -2.22. The summed E-state index contributed by atoms with van der Waals surface area (Å²) in [6, 6.07) is 8.23. The van der Waals surface area contributed by atoms with Crippen LogP contribution in [-0.4, -0.2) is 29.9 Å². The molecule has 21 heavy (non-hydrogen) atoms. The first kappa shape index (κ1) is 16.0. The molecule has 0 atom stereocenters. The van der Waals surface area contributed by atoms with Gasteiger partial charge in [0.15, 0.2) is 5.96 Å². The number of guanidine groups is 1. The zero-order chi connectivity index (χ0) is 15.2. The van der Waals surface area contributed by atoms with Crippen LogP contribution in [-0.2, 0) is 13.1 Å². The van der Waals surface area contributed by atoms with Crippen molar-refractivity contribution < 1.29 is 0 Å². The van der Waals surface area contributed by atoms with Gasteiger partial charge in [0.2, 0.25) is 0 Å². The Balaban J connectivity index is 1.96. The molecule has 0 saturated heterocycles. The molecule has 1 N–H and O–H groups in total. The van der Waals surface area contributed by atoms with E-state index in [0.29, 0.717) is 0 Å². The standard InChI is InChI=1S/C15H19BrN4S/c1-11-18-8-13(21-11)9-19-15(17-2)20(3)10-12-6-4-5-7-14(12)16/h4-8H,9-10H2,1-3H3,(H,17,19). The summed E-state index contributed by atoms with van der Waals surface area (Å²) in [7, 11) is 3.84. The third kappa shape index (κ3) is 4.54. The molecule has 0 aliphatic carbocycles. The summed E-state index contributed by atoms with van der Waals surface area (Å²) in [6.07, 6.45) is 1.91. The number of thiazole rings is 1. The number of nitrogens with zero attached hydrogens (tertiary/aromatic N) is 3. The Hall–Kier alpha value is -1.40. The number of aryl methyl sites for hydroxylation is 1. The molecule has 2 rings (SSSR count). The highest BCUT2D eigenvalue weighted by Gasteiger charge is 2.09. The molecule has 0 amide bonds. The maximum atomic E-state index is 4.34. The minimum Gasteiger partial charge on any atom is -0.351 e. The molecule has 112 valence electrons. The first-order valence-corrected chi connectivity index (χ1v) is 8.27. The Bertz CT molecular complexity index is 624. The van der Waals surface area contributed by atoms with E-state index < -0.39 is 0 Å². The summed E-state index contributed by atoms with van der Waals surface area (Å²) in [5.74, 6) is 0.872. The molecule has 0 aliphatic rings. The number of benzene rings is 1. The number of aliphatic imine (C=N–C) groups is 1. The molecular formula is C15H19BrN4S. The quantitative estimate of drug-likeness (QED) is 0.665. The Morgan fingerprint density at radius 3 is 2.81 bits per heavy atom. The van der Waals surface area contributed by atoms with Crippen LogP contribution in [0, 0.1) is 6.92 Å². The number of halogens is 1. The van der Waals surface area contributed by atoms with Crippen molar-refractivity contribution in [2.75, 3.05) is 14.1 Å². The number of hydrogen-bond acceptors (Lipinski definition) is 3. The van der Waals surface area contributed by atoms with E-state index in [-0.39, 0.29) is 0 Å². The van der Waals surface area contributed by atoms with Crippen molar-refractivity contribution in [3.63, 3.8) is 0 Å². The summed E-state index contributed by atoms with van der Waals surface area (Å²) in [5, 5.41) is 4.46. The fourth-order valence-corrected chi connectivity index (χ4v) is 3.14. The van der Waals surface area contributed by atoms with Crippen molar-refractivity contribution in [1.82, 2.24) is 15.2 Å². The molecule has 1 heterocycles. The van der Waals surface area contributed by atoms with Crippen LogP contribution in [0.5, 0.6) is 0 Å². The van der Waals surface area contributed by atoms with Crippen LogP contribution in [0.25, 0.3) is 0 Å². The summed E-state index contributed by atoms with van der Waals surface area (Å²) in [4.78, 5) is 11.9. The predicted molar refractivity (Wildman–Crippen MR) is 92.7 cm³/mol. The zero-order valence-corrected chi connectivity index (χ0v) is 14.8. The van der Waals surface area contributed by atoms with E-state index in [1.54, 1.807) is 18.4 Å². The second kappa shape index (κ2) is 7.56. The van der Waals surface area contributed by atoms with Gasteiger partial charge in [-0.2, -0.15) is 0 Å². The smallest absolute Gasteiger partial charge is 0.193 e. The molecule has 0 saturated carbocycles. The Morgan fingerprint density at radius 2 is 2.19 bits per heavy atom. The molecular weight excluding hydrogens is 348 g/mol. The van der Waals surface area contributed by atoms with Gasteiger partial charge in [-0.25, -0.2) is 4.98 Å². The predicted octanol–water partition coefficient (Wildman–Crippen LogP) is 3.42. The summed E-state index contributed by atoms with van der Waals surface area (Å²) in [5.41, 5.74) is 1.23. The Morgan fingerprint density at radius 1 is 1.43 bits per heavy atom. The van der Waals surface area contributed by atoms with Gasteiger partial charge >= 0.3 is 0 Å². The molecule has 0 bridgehead atoms. The maximum Gasteiger partial charge on any atom is 0.193 e. The van der Waals surface area contributed by atoms with Crippen LogP contribution in [0.2, 0.25) is 0 Å². The molecule has 1 aromatic carbocycles. The minimum absolute atomic E-state index is 0.748. The SMILES string of the molecule is CN=C(NCc1cnc(C)s1)N(C)Cc1ccccc1Br. The van der Waals surface area contributed by atoms with E-state index in [1.807, 2.05) is 32.3 Å². The average molecular weight is 367 g/mol. The van der Waals surface area contributed by atoms with Gasteiger partial charge in [-0.15, -0.1) is 11.3 Å². The molecule has 1 aromatic heterocycles. The van der Waals surface area contributed by atoms with Crippen LogP contribution < -0.4 is 5.32 Å². The number of aromatic nitrogens is 1. The van der Waals surface area contributed by atoms with E-state index in [1.165, 1.54) is 10.4 Å². The van der Waals surface area contributed by atoms with Crippen molar-refractivity contribution in [2.24, 2.45) is 4.99 Å². The van der Waals surface area contributed by atoms with Crippen molar-refractivity contribution in [2.45, 2.75) is 20.0 Å². The molecule has 2 aromatic rings. The van der Waals surface area contributed by atoms with Crippen molar-refractivity contribution in [3.8, 4) is 0 Å². The molecule has 0 unspecified atom stereocenters. The highest BCUT2D eigenvalue weighted by molar-refractivity contribution is 9.10. The topological polar surface area (TPSA) is 40.5 Å². The molecule has 0 aliphatic heterocycles. The fourth-order valence-electron chi connectivity index (χ4n) is 1.99. The highest BCUT2D eigenvalue weighted by Crippen LogP contribution is 2.17. The average Bonchev–Trinajstić information content (AvgIpc) is 2.88. The zero-order valence-electron chi connectivity index (χ0n) is 12.4. The van der Waals surface area contributed by atoms with Crippen molar-refractivity contribution in [3.05, 3.63) is 50.4 Å². The van der Waals surface area contributed by atoms with Crippen molar-refractivity contribution in [1.29, 1.82) is 0 Å². The first-order valence-electron chi connectivity index (χ1n) is 6.66. The van der Waals surface area contributed by atoms with Crippen LogP contribution in [0.3, 0.4) is 0 Å². The molecule has 6 heteroatoms. The second-order valence-electron chi connectivity index (χ2n) is 4.69. The van der Waals surface area contributed by atoms with Gasteiger partial charge in [-0.3, -0.25) is 4.99 Å². The third-order valence-electron chi connectivity index (χ3n) is 3.03. The van der Waals surface area contributed by atoms with E-state index in [2.05, 4.69) is 48.3 Å². The van der Waals surface area contributed by atoms with Crippen LogP contribution in [0.15, 0.2) is 39.9 Å². The normalized spacial score (nSPS) is 11.5. The number of hydrogen-bond donors (Lipinski definition) is 1. The molecule has 0 spiro atoms. The van der Waals surface area contributed by atoms with Crippen LogP contribution in [0.4, 0.5) is 0 Å². The Labute approximate surface area is 138 Å². The van der Waals surface area contributed by atoms with E-state index >= 15 is 0 Å². The van der Waals surface area contributed by atoms with Gasteiger partial charge in [0.05, 0.1) is 11.6 Å². The van der Waals surface area contributed by atoms with Gasteiger partial charge in [-0.1, -0.05) is 34.1 Å². The van der Waals surface area contributed by atoms with Crippen LogP contribution in [0.1, 0.15) is 15.4 Å². The Kier molecular flexibility index (Phi) is 5.76. The lowest BCUT2D eigenvalue weighted by atomic mass is 10.2. The largest absolute Gasteiger partial charge is 0.351 e. The van der Waals surface area contributed by atoms with Gasteiger partial charge in [0.25, 0.3) is 0 Å². The summed E-state index contributed by atoms with van der Waals surface area (Å²) in [6.45, 7) is 3.56. The lowest BCUT2D eigenvalue weighted by molar-refractivity contribution is 0.476. The summed E-state index contributed by atoms with van der Waals surface area (Å²) < 4.78 is 1.12. The van der Waals surface area contributed by atoms with Crippen LogP contribution >= 0.6 is 27.3 Å². The van der Waals surface area contributed by atoms with Gasteiger partial charge in [0, 0.05) is 36.2 Å². The summed E-state index contributed by atoms with van der Waals surface area (Å²) >= 11 is 5.28. The molecule has 0 radical (unpaired) electrons. The van der Waals surface area contributed by atoms with Gasteiger partial charge in [0.1, 0.15) is 0 Å². The number of rotatable bonds is 4. The molecule has 0 fully saturated rings. The molecule has 4 nitrogen and oxygen atoms in total. The maximum absolute atomic E-state index is 4.34. The fraction of sp³-hybridized carbons (Fsp3) is 0.333. The highest BCUT2D eigenvalue weighted by atomic mass is 79.9. The third-order valence-corrected chi connectivity index (χ3v) is 4.71. The second-order valence-corrected chi connectivity index (χ2v) is 6.87. The lowest BCUT2D eigenvalue weighted by Crippen LogP contribution is -2.37. The monoisotopic (exact) mass is 366 g/mol. The van der Waals surface area contributed by atoms with Gasteiger partial charge < -0.3 is 10.2 Å².